The summed E-state index contributed by atoms with van der Waals surface area (Å²) in [6.07, 6.45) is 8.63. The second kappa shape index (κ2) is 8.67. The molecule has 0 unspecified atom stereocenters. The highest BCUT2D eigenvalue weighted by Crippen LogP contribution is 2.30. The number of likely N-dealkylation sites (tertiary alicyclic amines) is 1. The highest BCUT2D eigenvalue weighted by Gasteiger charge is 2.21. The van der Waals surface area contributed by atoms with Crippen LogP contribution in [0.25, 0.3) is 0 Å². The number of phenols is 1. The first kappa shape index (κ1) is 18.2. The van der Waals surface area contributed by atoms with Gasteiger partial charge in [0.05, 0.1) is 6.10 Å². The molecule has 3 heterocycles. The molecule has 144 valence electrons. The molecular formula is C21H28N4O2. The predicted octanol–water partition coefficient (Wildman–Crippen LogP) is 3.15. The van der Waals surface area contributed by atoms with Crippen molar-refractivity contribution in [3.05, 3.63) is 47.8 Å². The van der Waals surface area contributed by atoms with Gasteiger partial charge in [-0.05, 0) is 62.4 Å². The van der Waals surface area contributed by atoms with E-state index >= 15 is 0 Å². The van der Waals surface area contributed by atoms with Gasteiger partial charge in [-0.3, -0.25) is 4.90 Å². The van der Waals surface area contributed by atoms with Crippen molar-refractivity contribution in [2.45, 2.75) is 44.2 Å². The second-order valence-corrected chi connectivity index (χ2v) is 7.58. The Hall–Kier alpha value is -2.18. The van der Waals surface area contributed by atoms with Crippen LogP contribution in [-0.4, -0.2) is 52.3 Å². The Kier molecular flexibility index (Phi) is 5.84. The number of anilines is 1. The lowest BCUT2D eigenvalue weighted by Crippen LogP contribution is -2.32. The Morgan fingerprint density at radius 2 is 1.96 bits per heavy atom. The van der Waals surface area contributed by atoms with Crippen LogP contribution in [0.4, 0.5) is 5.95 Å². The first-order chi connectivity index (χ1) is 13.3. The SMILES string of the molecule is Oc1cccc(C2CCN(Cc3cnc(NC[C@@H]4CCCO4)nc3)CC2)c1. The van der Waals surface area contributed by atoms with Gasteiger partial charge in [-0.15, -0.1) is 0 Å². The van der Waals surface area contributed by atoms with Gasteiger partial charge in [-0.2, -0.15) is 0 Å². The van der Waals surface area contributed by atoms with Crippen molar-refractivity contribution >= 4 is 5.95 Å². The predicted molar refractivity (Wildman–Crippen MR) is 105 cm³/mol. The van der Waals surface area contributed by atoms with Crippen LogP contribution in [0, 0.1) is 0 Å². The summed E-state index contributed by atoms with van der Waals surface area (Å²) in [7, 11) is 0. The third-order valence-corrected chi connectivity index (χ3v) is 5.55. The second-order valence-electron chi connectivity index (χ2n) is 7.58. The van der Waals surface area contributed by atoms with Crippen molar-refractivity contribution in [3.63, 3.8) is 0 Å². The molecule has 0 aliphatic carbocycles. The third kappa shape index (κ3) is 4.96. The van der Waals surface area contributed by atoms with Gasteiger partial charge in [-0.25, -0.2) is 9.97 Å². The van der Waals surface area contributed by atoms with E-state index in [9.17, 15) is 5.11 Å². The summed E-state index contributed by atoms with van der Waals surface area (Å²) in [5, 5.41) is 12.9. The van der Waals surface area contributed by atoms with Crippen molar-refractivity contribution in [3.8, 4) is 5.75 Å². The average Bonchev–Trinajstić information content (AvgIpc) is 3.22. The normalized spacial score (nSPS) is 21.4. The van der Waals surface area contributed by atoms with Gasteiger partial charge >= 0.3 is 0 Å². The van der Waals surface area contributed by atoms with E-state index in [4.69, 9.17) is 4.74 Å². The van der Waals surface area contributed by atoms with Crippen LogP contribution in [0.5, 0.6) is 5.75 Å². The fraction of sp³-hybridized carbons (Fsp3) is 0.524. The Bertz CT molecular complexity index is 723. The molecule has 1 atom stereocenters. The molecule has 4 rings (SSSR count). The smallest absolute Gasteiger partial charge is 0.222 e. The lowest BCUT2D eigenvalue weighted by Gasteiger charge is -2.32. The average molecular weight is 368 g/mol. The zero-order chi connectivity index (χ0) is 18.5. The quantitative estimate of drug-likeness (QED) is 0.816. The van der Waals surface area contributed by atoms with Crippen LogP contribution in [0.1, 0.15) is 42.7 Å². The summed E-state index contributed by atoms with van der Waals surface area (Å²) in [6, 6.07) is 7.69. The highest BCUT2D eigenvalue weighted by atomic mass is 16.5. The minimum Gasteiger partial charge on any atom is -0.508 e. The van der Waals surface area contributed by atoms with E-state index in [1.54, 1.807) is 6.07 Å². The number of piperidine rings is 1. The molecule has 6 nitrogen and oxygen atoms in total. The standard InChI is InChI=1S/C21H28N4O2/c26-19-4-1-3-18(11-19)17-6-8-25(9-7-17)15-16-12-22-21(23-13-16)24-14-20-5-2-10-27-20/h1,3-4,11-13,17,20,26H,2,5-10,14-15H2,(H,22,23,24)/t20-/m0/s1. The van der Waals surface area contributed by atoms with E-state index in [-0.39, 0.29) is 0 Å². The molecule has 0 radical (unpaired) electrons. The number of aromatic hydroxyl groups is 1. The number of hydrogen-bond acceptors (Lipinski definition) is 6. The van der Waals surface area contributed by atoms with Crippen molar-refractivity contribution in [1.82, 2.24) is 14.9 Å². The molecule has 0 spiro atoms. The van der Waals surface area contributed by atoms with Gasteiger partial charge in [0.1, 0.15) is 5.75 Å². The number of nitrogens with one attached hydrogen (secondary N) is 1. The first-order valence-corrected chi connectivity index (χ1v) is 9.94. The molecule has 2 fully saturated rings. The summed E-state index contributed by atoms with van der Waals surface area (Å²) < 4.78 is 5.61. The third-order valence-electron chi connectivity index (χ3n) is 5.55. The molecule has 2 aliphatic rings. The van der Waals surface area contributed by atoms with Crippen LogP contribution in [0.2, 0.25) is 0 Å². The number of phenolic OH excluding ortho intramolecular Hbond substituents is 1. The summed E-state index contributed by atoms with van der Waals surface area (Å²) >= 11 is 0. The summed E-state index contributed by atoms with van der Waals surface area (Å²) in [4.78, 5) is 11.3. The Morgan fingerprint density at radius 1 is 1.15 bits per heavy atom. The minimum absolute atomic E-state index is 0.293. The molecule has 1 aromatic heterocycles. The minimum atomic E-state index is 0.293. The van der Waals surface area contributed by atoms with Gasteiger partial charge in [0, 0.05) is 37.7 Å². The maximum absolute atomic E-state index is 9.68. The molecule has 27 heavy (non-hydrogen) atoms. The molecular weight excluding hydrogens is 340 g/mol. The van der Waals surface area contributed by atoms with E-state index in [1.165, 1.54) is 5.56 Å². The molecule has 2 N–H and O–H groups in total. The summed E-state index contributed by atoms with van der Waals surface area (Å²) in [5.41, 5.74) is 2.40. The van der Waals surface area contributed by atoms with Gasteiger partial charge in [0.15, 0.2) is 0 Å². The van der Waals surface area contributed by atoms with Crippen molar-refractivity contribution in [2.24, 2.45) is 0 Å². The number of aromatic nitrogens is 2. The van der Waals surface area contributed by atoms with Gasteiger partial charge in [0.25, 0.3) is 0 Å². The molecule has 2 aromatic rings. The van der Waals surface area contributed by atoms with E-state index in [1.807, 2.05) is 24.5 Å². The zero-order valence-electron chi connectivity index (χ0n) is 15.7. The number of benzene rings is 1. The van der Waals surface area contributed by atoms with Crippen LogP contribution >= 0.6 is 0 Å². The Morgan fingerprint density at radius 3 is 2.67 bits per heavy atom. The fourth-order valence-electron chi connectivity index (χ4n) is 4.00. The Labute approximate surface area is 160 Å². The Balaban J connectivity index is 1.24. The van der Waals surface area contributed by atoms with E-state index in [2.05, 4.69) is 26.3 Å². The van der Waals surface area contributed by atoms with Crippen LogP contribution in [-0.2, 0) is 11.3 Å². The lowest BCUT2D eigenvalue weighted by atomic mass is 9.89. The maximum Gasteiger partial charge on any atom is 0.222 e. The van der Waals surface area contributed by atoms with Crippen LogP contribution in [0.15, 0.2) is 36.7 Å². The maximum atomic E-state index is 9.68. The number of rotatable bonds is 6. The largest absolute Gasteiger partial charge is 0.508 e. The first-order valence-electron chi connectivity index (χ1n) is 9.94. The molecule has 1 aromatic carbocycles. The number of nitrogens with zero attached hydrogens (tertiary/aromatic N) is 3. The molecule has 2 aliphatic heterocycles. The summed E-state index contributed by atoms with van der Waals surface area (Å²) in [5.74, 6) is 1.58. The topological polar surface area (TPSA) is 70.5 Å². The molecule has 6 heteroatoms. The fourth-order valence-corrected chi connectivity index (χ4v) is 4.00. The summed E-state index contributed by atoms with van der Waals surface area (Å²) in [6.45, 7) is 4.65. The molecule has 0 amide bonds. The van der Waals surface area contributed by atoms with E-state index in [0.29, 0.717) is 23.7 Å². The van der Waals surface area contributed by atoms with Crippen LogP contribution < -0.4 is 5.32 Å². The van der Waals surface area contributed by atoms with E-state index in [0.717, 1.165) is 64.0 Å². The number of hydrogen-bond donors (Lipinski definition) is 2. The zero-order valence-corrected chi connectivity index (χ0v) is 15.7. The lowest BCUT2D eigenvalue weighted by molar-refractivity contribution is 0.120. The van der Waals surface area contributed by atoms with Crippen LogP contribution in [0.3, 0.4) is 0 Å². The van der Waals surface area contributed by atoms with Gasteiger partial charge in [-0.1, -0.05) is 12.1 Å². The monoisotopic (exact) mass is 368 g/mol. The van der Waals surface area contributed by atoms with E-state index < -0.39 is 0 Å². The van der Waals surface area contributed by atoms with Gasteiger partial charge < -0.3 is 15.2 Å². The van der Waals surface area contributed by atoms with Crippen molar-refractivity contribution in [1.29, 1.82) is 0 Å². The number of ether oxygens (including phenoxy) is 1. The molecule has 2 saturated heterocycles. The molecule has 0 bridgehead atoms. The van der Waals surface area contributed by atoms with Crippen molar-refractivity contribution < 1.29 is 9.84 Å². The van der Waals surface area contributed by atoms with Crippen molar-refractivity contribution in [2.75, 3.05) is 31.6 Å². The highest BCUT2D eigenvalue weighted by molar-refractivity contribution is 5.30. The van der Waals surface area contributed by atoms with Gasteiger partial charge in [0.2, 0.25) is 5.95 Å². The molecule has 0 saturated carbocycles.